The third-order valence-electron chi connectivity index (χ3n) is 3.35. The summed E-state index contributed by atoms with van der Waals surface area (Å²) in [6.45, 7) is 0. The molecule has 0 aliphatic heterocycles. The molecule has 0 atom stereocenters. The number of rotatable bonds is 4. The van der Waals surface area contributed by atoms with Crippen molar-refractivity contribution in [2.24, 2.45) is 0 Å². The number of halogens is 3. The molecule has 1 heterocycles. The van der Waals surface area contributed by atoms with E-state index in [-0.39, 0.29) is 0 Å². The molecule has 0 unspecified atom stereocenters. The average Bonchev–Trinajstić information content (AvgIpc) is 2.94. The summed E-state index contributed by atoms with van der Waals surface area (Å²) in [5, 5.41) is 8.48. The molecule has 1 aromatic heterocycles. The molecule has 0 saturated heterocycles. The van der Waals surface area contributed by atoms with Crippen molar-refractivity contribution in [3.63, 3.8) is 0 Å². The second kappa shape index (κ2) is 6.56. The SMILES string of the molecule is Nn1c(SCc2ccccc2)nnc1-c1ccc(C(F)(F)F)cc1. The minimum absolute atomic E-state index is 0.319. The zero-order valence-electron chi connectivity index (χ0n) is 12.4. The van der Waals surface area contributed by atoms with E-state index in [0.717, 1.165) is 17.7 Å². The number of hydrogen-bond acceptors (Lipinski definition) is 4. The van der Waals surface area contributed by atoms with Gasteiger partial charge in [0.2, 0.25) is 5.16 Å². The van der Waals surface area contributed by atoms with E-state index in [0.29, 0.717) is 22.3 Å². The van der Waals surface area contributed by atoms with E-state index in [2.05, 4.69) is 10.2 Å². The molecule has 0 amide bonds. The average molecular weight is 350 g/mol. The number of alkyl halides is 3. The van der Waals surface area contributed by atoms with Gasteiger partial charge in [-0.3, -0.25) is 0 Å². The molecule has 0 saturated carbocycles. The van der Waals surface area contributed by atoms with Crippen LogP contribution in [-0.2, 0) is 11.9 Å². The van der Waals surface area contributed by atoms with Gasteiger partial charge >= 0.3 is 6.18 Å². The fourth-order valence-corrected chi connectivity index (χ4v) is 2.92. The van der Waals surface area contributed by atoms with E-state index in [1.165, 1.54) is 28.6 Å². The van der Waals surface area contributed by atoms with E-state index < -0.39 is 11.7 Å². The Balaban J connectivity index is 1.77. The van der Waals surface area contributed by atoms with Gasteiger partial charge in [0.15, 0.2) is 5.82 Å². The lowest BCUT2D eigenvalue weighted by molar-refractivity contribution is -0.137. The molecule has 8 heteroatoms. The lowest BCUT2D eigenvalue weighted by Crippen LogP contribution is -2.11. The normalized spacial score (nSPS) is 11.6. The Kier molecular flexibility index (Phi) is 4.48. The van der Waals surface area contributed by atoms with Crippen LogP contribution in [0.15, 0.2) is 59.8 Å². The van der Waals surface area contributed by atoms with Crippen LogP contribution >= 0.6 is 11.8 Å². The third kappa shape index (κ3) is 3.53. The van der Waals surface area contributed by atoms with E-state index in [9.17, 15) is 13.2 Å². The number of aromatic nitrogens is 3. The van der Waals surface area contributed by atoms with E-state index in [4.69, 9.17) is 5.84 Å². The summed E-state index contributed by atoms with van der Waals surface area (Å²) in [6, 6.07) is 14.5. The predicted octanol–water partition coefficient (Wildman–Crippen LogP) is 3.97. The molecule has 0 bridgehead atoms. The first-order valence-corrected chi connectivity index (χ1v) is 7.98. The number of nitrogen functional groups attached to an aromatic ring is 1. The maximum Gasteiger partial charge on any atom is 0.416 e. The molecule has 24 heavy (non-hydrogen) atoms. The highest BCUT2D eigenvalue weighted by Crippen LogP contribution is 2.31. The molecule has 124 valence electrons. The van der Waals surface area contributed by atoms with Crippen LogP contribution in [0.1, 0.15) is 11.1 Å². The van der Waals surface area contributed by atoms with Crippen molar-refractivity contribution in [1.82, 2.24) is 14.9 Å². The van der Waals surface area contributed by atoms with Crippen LogP contribution in [0.4, 0.5) is 13.2 Å². The molecule has 0 radical (unpaired) electrons. The van der Waals surface area contributed by atoms with Gasteiger partial charge in [-0.25, -0.2) is 4.68 Å². The summed E-state index contributed by atoms with van der Waals surface area (Å²) in [5.74, 6) is 6.96. The maximum absolute atomic E-state index is 12.6. The largest absolute Gasteiger partial charge is 0.416 e. The van der Waals surface area contributed by atoms with Gasteiger partial charge in [-0.05, 0) is 17.7 Å². The maximum atomic E-state index is 12.6. The van der Waals surface area contributed by atoms with Gasteiger partial charge in [0.1, 0.15) is 0 Å². The summed E-state index contributed by atoms with van der Waals surface area (Å²) < 4.78 is 39.1. The summed E-state index contributed by atoms with van der Waals surface area (Å²) in [6.07, 6.45) is -4.37. The fraction of sp³-hybridized carbons (Fsp3) is 0.125. The Bertz CT molecular complexity index is 814. The highest BCUT2D eigenvalue weighted by molar-refractivity contribution is 7.98. The first-order chi connectivity index (χ1) is 11.4. The van der Waals surface area contributed by atoms with Crippen LogP contribution in [0, 0.1) is 0 Å². The Hall–Kier alpha value is -2.48. The van der Waals surface area contributed by atoms with Crippen molar-refractivity contribution in [1.29, 1.82) is 0 Å². The number of nitrogens with zero attached hydrogens (tertiary/aromatic N) is 3. The van der Waals surface area contributed by atoms with Crippen LogP contribution in [-0.4, -0.2) is 14.9 Å². The minimum atomic E-state index is -4.37. The molecule has 0 aliphatic carbocycles. The van der Waals surface area contributed by atoms with E-state index in [1.807, 2.05) is 30.3 Å². The fourth-order valence-electron chi connectivity index (χ4n) is 2.10. The Labute approximate surface area is 140 Å². The smallest absolute Gasteiger partial charge is 0.335 e. The molecule has 0 aliphatic rings. The van der Waals surface area contributed by atoms with Gasteiger partial charge in [-0.1, -0.05) is 54.2 Å². The van der Waals surface area contributed by atoms with Crippen molar-refractivity contribution < 1.29 is 13.2 Å². The Morgan fingerprint density at radius 2 is 1.62 bits per heavy atom. The zero-order valence-corrected chi connectivity index (χ0v) is 13.2. The molecule has 2 aromatic carbocycles. The van der Waals surface area contributed by atoms with Gasteiger partial charge in [-0.2, -0.15) is 13.2 Å². The molecule has 3 rings (SSSR count). The number of benzene rings is 2. The van der Waals surface area contributed by atoms with Crippen LogP contribution in [0.5, 0.6) is 0 Å². The van der Waals surface area contributed by atoms with Crippen molar-refractivity contribution in [2.75, 3.05) is 5.84 Å². The summed E-state index contributed by atoms with van der Waals surface area (Å²) in [5.41, 5.74) is 0.874. The number of hydrogen-bond donors (Lipinski definition) is 1. The van der Waals surface area contributed by atoms with Crippen LogP contribution in [0.2, 0.25) is 0 Å². The summed E-state index contributed by atoms with van der Waals surface area (Å²) in [7, 11) is 0. The summed E-state index contributed by atoms with van der Waals surface area (Å²) in [4.78, 5) is 0. The zero-order chi connectivity index (χ0) is 17.2. The first-order valence-electron chi connectivity index (χ1n) is 7.00. The van der Waals surface area contributed by atoms with Crippen molar-refractivity contribution in [3.05, 3.63) is 65.7 Å². The van der Waals surface area contributed by atoms with Crippen molar-refractivity contribution >= 4 is 11.8 Å². The molecule has 2 N–H and O–H groups in total. The standard InChI is InChI=1S/C16H13F3N4S/c17-16(18,19)13-8-6-12(7-9-13)14-21-22-15(23(14)20)24-10-11-4-2-1-3-5-11/h1-9H,10,20H2. The van der Waals surface area contributed by atoms with Gasteiger partial charge in [0.25, 0.3) is 0 Å². The van der Waals surface area contributed by atoms with E-state index >= 15 is 0 Å². The minimum Gasteiger partial charge on any atom is -0.335 e. The van der Waals surface area contributed by atoms with Crippen LogP contribution in [0.25, 0.3) is 11.4 Å². The molecule has 4 nitrogen and oxygen atoms in total. The first kappa shape index (κ1) is 16.4. The molecular weight excluding hydrogens is 337 g/mol. The van der Waals surface area contributed by atoms with Crippen molar-refractivity contribution in [3.8, 4) is 11.4 Å². The summed E-state index contributed by atoms with van der Waals surface area (Å²) >= 11 is 1.41. The third-order valence-corrected chi connectivity index (χ3v) is 4.36. The predicted molar refractivity (Wildman–Crippen MR) is 86.6 cm³/mol. The molecule has 0 fully saturated rings. The van der Waals surface area contributed by atoms with Gasteiger partial charge < -0.3 is 5.84 Å². The topological polar surface area (TPSA) is 56.7 Å². The molecule has 0 spiro atoms. The van der Waals surface area contributed by atoms with Gasteiger partial charge in [0, 0.05) is 11.3 Å². The van der Waals surface area contributed by atoms with Crippen LogP contribution < -0.4 is 5.84 Å². The Morgan fingerprint density at radius 1 is 0.958 bits per heavy atom. The highest BCUT2D eigenvalue weighted by atomic mass is 32.2. The molecule has 3 aromatic rings. The monoisotopic (exact) mass is 350 g/mol. The lowest BCUT2D eigenvalue weighted by atomic mass is 10.1. The van der Waals surface area contributed by atoms with Crippen molar-refractivity contribution in [2.45, 2.75) is 17.1 Å². The number of nitrogens with two attached hydrogens (primary N) is 1. The number of thioether (sulfide) groups is 1. The second-order valence-corrected chi connectivity index (χ2v) is 5.97. The molecular formula is C16H13F3N4S. The second-order valence-electron chi connectivity index (χ2n) is 5.03. The quantitative estimate of drug-likeness (QED) is 0.571. The van der Waals surface area contributed by atoms with Gasteiger partial charge in [0.05, 0.1) is 5.56 Å². The Morgan fingerprint density at radius 3 is 2.25 bits per heavy atom. The van der Waals surface area contributed by atoms with E-state index in [1.54, 1.807) is 0 Å². The lowest BCUT2D eigenvalue weighted by Gasteiger charge is -2.07. The van der Waals surface area contributed by atoms with Gasteiger partial charge in [-0.15, -0.1) is 10.2 Å². The van der Waals surface area contributed by atoms with Crippen LogP contribution in [0.3, 0.4) is 0 Å². The highest BCUT2D eigenvalue weighted by Gasteiger charge is 2.30.